The molecular formula is C12H21N5O. The van der Waals surface area contributed by atoms with Gasteiger partial charge in [-0.15, -0.1) is 0 Å². The molecular weight excluding hydrogens is 230 g/mol. The van der Waals surface area contributed by atoms with Crippen molar-refractivity contribution in [3.63, 3.8) is 0 Å². The molecule has 1 aliphatic rings. The summed E-state index contributed by atoms with van der Waals surface area (Å²) in [6.45, 7) is 2.95. The van der Waals surface area contributed by atoms with Gasteiger partial charge >= 0.3 is 0 Å². The molecule has 6 nitrogen and oxygen atoms in total. The van der Waals surface area contributed by atoms with Crippen LogP contribution in [-0.4, -0.2) is 28.2 Å². The molecule has 0 aliphatic heterocycles. The van der Waals surface area contributed by atoms with Gasteiger partial charge in [0.15, 0.2) is 0 Å². The van der Waals surface area contributed by atoms with Crippen molar-refractivity contribution < 1.29 is 5.11 Å². The molecule has 1 aromatic rings. The first-order valence-electron chi connectivity index (χ1n) is 6.40. The van der Waals surface area contributed by atoms with Crippen LogP contribution in [-0.2, 0) is 0 Å². The van der Waals surface area contributed by atoms with E-state index in [1.54, 1.807) is 6.07 Å². The lowest BCUT2D eigenvalue weighted by Crippen LogP contribution is -2.21. The summed E-state index contributed by atoms with van der Waals surface area (Å²) in [5, 5.41) is 12.6. The van der Waals surface area contributed by atoms with E-state index in [4.69, 9.17) is 5.84 Å². The number of nitrogens with two attached hydrogens (primary N) is 1. The van der Waals surface area contributed by atoms with E-state index in [-0.39, 0.29) is 6.61 Å². The molecule has 100 valence electrons. The molecule has 5 N–H and O–H groups in total. The predicted molar refractivity (Wildman–Crippen MR) is 71.0 cm³/mol. The quantitative estimate of drug-likeness (QED) is 0.458. The summed E-state index contributed by atoms with van der Waals surface area (Å²) in [5.74, 6) is 8.36. The third-order valence-corrected chi connectivity index (χ3v) is 3.58. The lowest BCUT2D eigenvalue weighted by Gasteiger charge is -2.18. The van der Waals surface area contributed by atoms with Crippen molar-refractivity contribution in [3.05, 3.63) is 11.9 Å². The van der Waals surface area contributed by atoms with E-state index in [1.807, 2.05) is 6.92 Å². The zero-order valence-electron chi connectivity index (χ0n) is 10.7. The van der Waals surface area contributed by atoms with Crippen LogP contribution in [0.15, 0.2) is 6.07 Å². The zero-order valence-corrected chi connectivity index (χ0v) is 10.7. The highest BCUT2D eigenvalue weighted by Gasteiger charge is 2.26. The highest BCUT2D eigenvalue weighted by Crippen LogP contribution is 2.31. The highest BCUT2D eigenvalue weighted by atomic mass is 16.3. The third kappa shape index (κ3) is 3.08. The Balaban J connectivity index is 1.95. The van der Waals surface area contributed by atoms with Gasteiger partial charge in [0.2, 0.25) is 0 Å². The monoisotopic (exact) mass is 251 g/mol. The molecule has 0 aromatic carbocycles. The largest absolute Gasteiger partial charge is 0.396 e. The Morgan fingerprint density at radius 2 is 2.06 bits per heavy atom. The summed E-state index contributed by atoms with van der Waals surface area (Å²) in [6, 6.07) is 1.79. The summed E-state index contributed by atoms with van der Waals surface area (Å²) in [4.78, 5) is 8.45. The lowest BCUT2D eigenvalue weighted by atomic mass is 9.97. The Morgan fingerprint density at radius 3 is 2.78 bits per heavy atom. The molecule has 18 heavy (non-hydrogen) atoms. The van der Waals surface area contributed by atoms with Crippen molar-refractivity contribution in [2.75, 3.05) is 23.9 Å². The average molecular weight is 251 g/mol. The number of rotatable bonds is 5. The summed E-state index contributed by atoms with van der Waals surface area (Å²) in [5.41, 5.74) is 2.52. The van der Waals surface area contributed by atoms with Gasteiger partial charge in [-0.05, 0) is 31.6 Å². The molecule has 6 heteroatoms. The van der Waals surface area contributed by atoms with E-state index >= 15 is 0 Å². The molecule has 0 saturated heterocycles. The number of hydrogen-bond acceptors (Lipinski definition) is 6. The van der Waals surface area contributed by atoms with Gasteiger partial charge in [0.05, 0.1) is 0 Å². The summed E-state index contributed by atoms with van der Waals surface area (Å²) < 4.78 is 0. The van der Waals surface area contributed by atoms with Crippen LogP contribution in [0.1, 0.15) is 25.1 Å². The van der Waals surface area contributed by atoms with Crippen LogP contribution in [0.4, 0.5) is 11.6 Å². The van der Waals surface area contributed by atoms with Crippen molar-refractivity contribution in [3.8, 4) is 0 Å². The molecule has 1 fully saturated rings. The van der Waals surface area contributed by atoms with Crippen LogP contribution in [0, 0.1) is 18.8 Å². The van der Waals surface area contributed by atoms with E-state index in [1.165, 1.54) is 12.8 Å². The van der Waals surface area contributed by atoms with Gasteiger partial charge in [-0.3, -0.25) is 0 Å². The van der Waals surface area contributed by atoms with Gasteiger partial charge in [0.1, 0.15) is 17.5 Å². The molecule has 2 rings (SSSR count). The predicted octanol–water partition coefficient (Wildman–Crippen LogP) is 0.891. The fourth-order valence-corrected chi connectivity index (χ4v) is 2.59. The van der Waals surface area contributed by atoms with Gasteiger partial charge in [-0.1, -0.05) is 6.42 Å². The number of nitrogen functional groups attached to an aromatic ring is 1. The van der Waals surface area contributed by atoms with Crippen molar-refractivity contribution in [1.29, 1.82) is 0 Å². The fourth-order valence-electron chi connectivity index (χ4n) is 2.59. The maximum Gasteiger partial charge on any atom is 0.145 e. The first-order valence-corrected chi connectivity index (χ1v) is 6.40. The molecule has 0 radical (unpaired) electrons. The maximum atomic E-state index is 9.28. The zero-order chi connectivity index (χ0) is 13.0. The van der Waals surface area contributed by atoms with E-state index in [9.17, 15) is 5.11 Å². The number of aromatic nitrogens is 2. The lowest BCUT2D eigenvalue weighted by molar-refractivity contribution is 0.199. The minimum Gasteiger partial charge on any atom is -0.396 e. The number of aliphatic hydroxyl groups is 1. The summed E-state index contributed by atoms with van der Waals surface area (Å²) >= 11 is 0. The number of hydrazine groups is 1. The van der Waals surface area contributed by atoms with Crippen LogP contribution in [0.5, 0.6) is 0 Å². The van der Waals surface area contributed by atoms with E-state index in [0.29, 0.717) is 23.5 Å². The van der Waals surface area contributed by atoms with Crippen LogP contribution in [0.25, 0.3) is 0 Å². The highest BCUT2D eigenvalue weighted by molar-refractivity contribution is 5.46. The molecule has 2 unspecified atom stereocenters. The molecule has 1 aliphatic carbocycles. The second-order valence-electron chi connectivity index (χ2n) is 4.84. The van der Waals surface area contributed by atoms with Crippen LogP contribution in [0.3, 0.4) is 0 Å². The van der Waals surface area contributed by atoms with Crippen LogP contribution in [0.2, 0.25) is 0 Å². The van der Waals surface area contributed by atoms with Crippen LogP contribution >= 0.6 is 0 Å². The Kier molecular flexibility index (Phi) is 4.33. The smallest absolute Gasteiger partial charge is 0.145 e. The van der Waals surface area contributed by atoms with Gasteiger partial charge in [0.25, 0.3) is 0 Å². The minimum absolute atomic E-state index is 0.282. The number of nitrogens with one attached hydrogen (secondary N) is 2. The number of aryl methyl sites for hydroxylation is 1. The second kappa shape index (κ2) is 5.97. The molecule has 1 saturated carbocycles. The summed E-state index contributed by atoms with van der Waals surface area (Å²) in [7, 11) is 0. The van der Waals surface area contributed by atoms with E-state index in [2.05, 4.69) is 20.7 Å². The Labute approximate surface area is 107 Å². The van der Waals surface area contributed by atoms with Crippen LogP contribution < -0.4 is 16.6 Å². The minimum atomic E-state index is 0.282. The molecule has 0 amide bonds. The average Bonchev–Trinajstić information content (AvgIpc) is 2.83. The molecule has 0 spiro atoms. The Bertz CT molecular complexity index is 398. The standard InChI is InChI=1S/C12H21N5O/c1-8-15-11(5-12(16-8)17-13)14-6-9-3-2-4-10(9)7-18/h5,9-10,18H,2-4,6-7,13H2,1H3,(H2,14,15,16,17). The number of nitrogens with zero attached hydrogens (tertiary/aromatic N) is 2. The van der Waals surface area contributed by atoms with Crippen molar-refractivity contribution in [1.82, 2.24) is 9.97 Å². The van der Waals surface area contributed by atoms with Gasteiger partial charge < -0.3 is 15.8 Å². The summed E-state index contributed by atoms with van der Waals surface area (Å²) in [6.07, 6.45) is 3.50. The Morgan fingerprint density at radius 1 is 1.33 bits per heavy atom. The SMILES string of the molecule is Cc1nc(NN)cc(NCC2CCCC2CO)n1. The molecule has 1 heterocycles. The van der Waals surface area contributed by atoms with Gasteiger partial charge in [-0.25, -0.2) is 15.8 Å². The van der Waals surface area contributed by atoms with E-state index < -0.39 is 0 Å². The second-order valence-corrected chi connectivity index (χ2v) is 4.84. The first kappa shape index (κ1) is 13.0. The van der Waals surface area contributed by atoms with Crippen molar-refractivity contribution in [2.24, 2.45) is 17.7 Å². The number of anilines is 2. The van der Waals surface area contributed by atoms with Crippen molar-refractivity contribution in [2.45, 2.75) is 26.2 Å². The molecule has 0 bridgehead atoms. The maximum absolute atomic E-state index is 9.28. The van der Waals surface area contributed by atoms with Gasteiger partial charge in [-0.2, -0.15) is 0 Å². The number of aliphatic hydroxyl groups excluding tert-OH is 1. The van der Waals surface area contributed by atoms with Gasteiger partial charge in [0, 0.05) is 19.2 Å². The topological polar surface area (TPSA) is 96.1 Å². The van der Waals surface area contributed by atoms with Crippen molar-refractivity contribution >= 4 is 11.6 Å². The first-order chi connectivity index (χ1) is 8.72. The molecule has 1 aromatic heterocycles. The normalized spacial score (nSPS) is 23.1. The molecule has 2 atom stereocenters. The Hall–Kier alpha value is -1.40. The fraction of sp³-hybridized carbons (Fsp3) is 0.667. The van der Waals surface area contributed by atoms with E-state index in [0.717, 1.165) is 18.8 Å². The third-order valence-electron chi connectivity index (χ3n) is 3.58. The number of hydrogen-bond donors (Lipinski definition) is 4.